The molecule has 0 amide bonds. The van der Waals surface area contributed by atoms with Gasteiger partial charge in [0.05, 0.1) is 12.7 Å². The summed E-state index contributed by atoms with van der Waals surface area (Å²) in [5.41, 5.74) is 1.19. The van der Waals surface area contributed by atoms with Crippen LogP contribution < -0.4 is 10.1 Å². The number of nitrogens with one attached hydrogen (secondary N) is 1. The SMILES string of the molecule is CNC1CC2(CCOC(C)C2)Oc2ccc(Br)cc21. The zero-order chi connectivity index (χ0) is 13.5. The normalized spacial score (nSPS) is 33.8. The molecule has 1 saturated heterocycles. The second kappa shape index (κ2) is 5.08. The van der Waals surface area contributed by atoms with E-state index < -0.39 is 0 Å². The third-order valence-electron chi connectivity index (χ3n) is 4.22. The topological polar surface area (TPSA) is 30.5 Å². The quantitative estimate of drug-likeness (QED) is 0.858. The van der Waals surface area contributed by atoms with Crippen LogP contribution in [0.4, 0.5) is 0 Å². The number of halogens is 1. The van der Waals surface area contributed by atoms with Gasteiger partial charge in [-0.1, -0.05) is 15.9 Å². The van der Waals surface area contributed by atoms with Crippen molar-refractivity contribution in [2.45, 2.75) is 43.9 Å². The van der Waals surface area contributed by atoms with Crippen LogP contribution in [0, 0.1) is 0 Å². The summed E-state index contributed by atoms with van der Waals surface area (Å²) in [6.07, 6.45) is 3.25. The summed E-state index contributed by atoms with van der Waals surface area (Å²) in [4.78, 5) is 0. The first kappa shape index (κ1) is 13.4. The molecule has 19 heavy (non-hydrogen) atoms. The number of hydrogen-bond donors (Lipinski definition) is 1. The van der Waals surface area contributed by atoms with Crippen molar-refractivity contribution in [3.63, 3.8) is 0 Å². The minimum Gasteiger partial charge on any atom is -0.487 e. The van der Waals surface area contributed by atoms with E-state index >= 15 is 0 Å². The van der Waals surface area contributed by atoms with Crippen LogP contribution >= 0.6 is 15.9 Å². The minimum absolute atomic E-state index is 0.0633. The Kier molecular flexibility index (Phi) is 3.58. The largest absolute Gasteiger partial charge is 0.487 e. The molecule has 3 rings (SSSR count). The molecule has 0 radical (unpaired) electrons. The standard InChI is InChI=1S/C15H20BrNO2/c1-10-8-15(5-6-18-10)9-13(17-2)12-7-11(16)3-4-14(12)19-15/h3-4,7,10,13,17H,5-6,8-9H2,1-2H3. The van der Waals surface area contributed by atoms with Gasteiger partial charge in [0.15, 0.2) is 0 Å². The molecule has 1 aromatic rings. The van der Waals surface area contributed by atoms with E-state index in [0.29, 0.717) is 6.04 Å². The van der Waals surface area contributed by atoms with Crippen LogP contribution in [0.1, 0.15) is 37.8 Å². The number of ether oxygens (including phenoxy) is 2. The molecule has 1 N–H and O–H groups in total. The van der Waals surface area contributed by atoms with Gasteiger partial charge in [-0.2, -0.15) is 0 Å². The molecule has 3 unspecified atom stereocenters. The Morgan fingerprint density at radius 1 is 1.37 bits per heavy atom. The molecule has 0 aromatic heterocycles. The van der Waals surface area contributed by atoms with E-state index in [1.54, 1.807) is 0 Å². The maximum absolute atomic E-state index is 6.38. The maximum Gasteiger partial charge on any atom is 0.125 e. The fraction of sp³-hybridized carbons (Fsp3) is 0.600. The Bertz CT molecular complexity index is 479. The summed E-state index contributed by atoms with van der Waals surface area (Å²) in [6.45, 7) is 2.93. The number of rotatable bonds is 1. The summed E-state index contributed by atoms with van der Waals surface area (Å²) in [6, 6.07) is 6.64. The molecule has 3 nitrogen and oxygen atoms in total. The van der Waals surface area contributed by atoms with Crippen LogP contribution in [0.5, 0.6) is 5.75 Å². The summed E-state index contributed by atoms with van der Waals surface area (Å²) < 4.78 is 13.2. The molecule has 2 heterocycles. The zero-order valence-electron chi connectivity index (χ0n) is 11.4. The second-order valence-electron chi connectivity index (χ2n) is 5.65. The van der Waals surface area contributed by atoms with E-state index in [2.05, 4.69) is 40.3 Å². The lowest BCUT2D eigenvalue weighted by Crippen LogP contribution is -2.49. The maximum atomic E-state index is 6.38. The Labute approximate surface area is 122 Å². The summed E-state index contributed by atoms with van der Waals surface area (Å²) in [5, 5.41) is 3.43. The van der Waals surface area contributed by atoms with E-state index in [0.717, 1.165) is 36.1 Å². The molecule has 1 aromatic carbocycles. The molecule has 3 atom stereocenters. The first-order valence-electron chi connectivity index (χ1n) is 6.89. The fourth-order valence-electron chi connectivity index (χ4n) is 3.31. The number of benzene rings is 1. The van der Waals surface area contributed by atoms with Crippen molar-refractivity contribution in [2.24, 2.45) is 0 Å². The van der Waals surface area contributed by atoms with Crippen molar-refractivity contribution in [2.75, 3.05) is 13.7 Å². The average Bonchev–Trinajstić information content (AvgIpc) is 2.38. The van der Waals surface area contributed by atoms with Crippen LogP contribution in [0.2, 0.25) is 0 Å². The lowest BCUT2D eigenvalue weighted by Gasteiger charge is -2.46. The summed E-state index contributed by atoms with van der Waals surface area (Å²) >= 11 is 3.54. The third kappa shape index (κ3) is 2.54. The highest BCUT2D eigenvalue weighted by atomic mass is 79.9. The van der Waals surface area contributed by atoms with Crippen LogP contribution in [0.3, 0.4) is 0 Å². The van der Waals surface area contributed by atoms with Crippen LogP contribution in [-0.2, 0) is 4.74 Å². The van der Waals surface area contributed by atoms with Gasteiger partial charge in [-0.25, -0.2) is 0 Å². The van der Waals surface area contributed by atoms with Gasteiger partial charge in [0.1, 0.15) is 11.4 Å². The van der Waals surface area contributed by atoms with E-state index in [-0.39, 0.29) is 11.7 Å². The number of fused-ring (bicyclic) bond motifs is 1. The molecular formula is C15H20BrNO2. The Balaban J connectivity index is 1.95. The third-order valence-corrected chi connectivity index (χ3v) is 4.71. The van der Waals surface area contributed by atoms with Crippen LogP contribution in [0.25, 0.3) is 0 Å². The average molecular weight is 326 g/mol. The lowest BCUT2D eigenvalue weighted by atomic mass is 9.80. The number of hydrogen-bond acceptors (Lipinski definition) is 3. The molecule has 2 aliphatic heterocycles. The summed E-state index contributed by atoms with van der Waals surface area (Å²) in [7, 11) is 2.02. The zero-order valence-corrected chi connectivity index (χ0v) is 13.0. The van der Waals surface area contributed by atoms with Crippen molar-refractivity contribution in [1.29, 1.82) is 0 Å². The molecule has 0 saturated carbocycles. The van der Waals surface area contributed by atoms with Gasteiger partial charge in [-0.3, -0.25) is 0 Å². The smallest absolute Gasteiger partial charge is 0.125 e. The van der Waals surface area contributed by atoms with Gasteiger partial charge >= 0.3 is 0 Å². The molecular weight excluding hydrogens is 306 g/mol. The fourth-order valence-corrected chi connectivity index (χ4v) is 3.69. The van der Waals surface area contributed by atoms with Crippen LogP contribution in [-0.4, -0.2) is 25.4 Å². The molecule has 104 valence electrons. The van der Waals surface area contributed by atoms with Gasteiger partial charge < -0.3 is 14.8 Å². The van der Waals surface area contributed by atoms with E-state index in [9.17, 15) is 0 Å². The Morgan fingerprint density at radius 3 is 2.95 bits per heavy atom. The molecule has 4 heteroatoms. The van der Waals surface area contributed by atoms with Crippen molar-refractivity contribution in [3.8, 4) is 5.75 Å². The highest BCUT2D eigenvalue weighted by Crippen LogP contribution is 2.45. The molecule has 0 bridgehead atoms. The van der Waals surface area contributed by atoms with E-state index in [4.69, 9.17) is 9.47 Å². The van der Waals surface area contributed by atoms with E-state index in [1.807, 2.05) is 13.1 Å². The van der Waals surface area contributed by atoms with Gasteiger partial charge in [0.2, 0.25) is 0 Å². The monoisotopic (exact) mass is 325 g/mol. The second-order valence-corrected chi connectivity index (χ2v) is 6.56. The predicted octanol–water partition coefficient (Wildman–Crippen LogP) is 3.43. The van der Waals surface area contributed by atoms with Gasteiger partial charge in [0.25, 0.3) is 0 Å². The van der Waals surface area contributed by atoms with Crippen molar-refractivity contribution in [3.05, 3.63) is 28.2 Å². The van der Waals surface area contributed by atoms with Gasteiger partial charge in [-0.05, 0) is 32.2 Å². The predicted molar refractivity (Wildman–Crippen MR) is 78.6 cm³/mol. The molecule has 1 fully saturated rings. The van der Waals surface area contributed by atoms with Crippen molar-refractivity contribution < 1.29 is 9.47 Å². The highest BCUT2D eigenvalue weighted by Gasteiger charge is 2.43. The first-order chi connectivity index (χ1) is 9.12. The van der Waals surface area contributed by atoms with Crippen molar-refractivity contribution >= 4 is 15.9 Å². The van der Waals surface area contributed by atoms with Gasteiger partial charge in [0, 0.05) is 35.3 Å². The molecule has 1 spiro atoms. The summed E-state index contributed by atoms with van der Waals surface area (Å²) in [5.74, 6) is 1.02. The molecule has 0 aliphatic carbocycles. The minimum atomic E-state index is -0.0633. The van der Waals surface area contributed by atoms with E-state index in [1.165, 1.54) is 5.56 Å². The van der Waals surface area contributed by atoms with Crippen molar-refractivity contribution in [1.82, 2.24) is 5.32 Å². The Morgan fingerprint density at radius 2 is 2.21 bits per heavy atom. The molecule has 2 aliphatic rings. The van der Waals surface area contributed by atoms with Crippen LogP contribution in [0.15, 0.2) is 22.7 Å². The lowest BCUT2D eigenvalue weighted by molar-refractivity contribution is -0.0964. The highest BCUT2D eigenvalue weighted by molar-refractivity contribution is 9.10. The first-order valence-corrected chi connectivity index (χ1v) is 7.68. The Hall–Kier alpha value is -0.580. The van der Waals surface area contributed by atoms with Gasteiger partial charge in [-0.15, -0.1) is 0 Å².